The molecule has 0 aliphatic carbocycles. The molecule has 6 heteroatoms. The zero-order valence-electron chi connectivity index (χ0n) is 32.9. The second-order valence-corrected chi connectivity index (χ2v) is 13.9. The van der Waals surface area contributed by atoms with E-state index in [1.807, 2.05) is 6.08 Å². The Balaban J connectivity index is 4.38. The number of carbonyl (C=O) groups is 3. The summed E-state index contributed by atoms with van der Waals surface area (Å²) < 4.78 is 16.5. The summed E-state index contributed by atoms with van der Waals surface area (Å²) >= 11 is 0. The summed E-state index contributed by atoms with van der Waals surface area (Å²) in [5.41, 5.74) is 0. The molecular weight excluding hydrogens is 624 g/mol. The van der Waals surface area contributed by atoms with Crippen LogP contribution in [0.3, 0.4) is 0 Å². The summed E-state index contributed by atoms with van der Waals surface area (Å²) in [6.07, 6.45) is 43.1. The number of ether oxygens (including phenoxy) is 3. The molecule has 0 saturated carbocycles. The first-order valence-corrected chi connectivity index (χ1v) is 21.0. The first kappa shape index (κ1) is 47.6. The van der Waals surface area contributed by atoms with Crippen LogP contribution in [-0.2, 0) is 28.6 Å². The van der Waals surface area contributed by atoms with Crippen LogP contribution in [0.15, 0.2) is 36.5 Å². The average Bonchev–Trinajstić information content (AvgIpc) is 3.11. The Bertz CT molecular complexity index is 861. The van der Waals surface area contributed by atoms with Gasteiger partial charge in [-0.05, 0) is 32.1 Å². The molecule has 0 aliphatic heterocycles. The van der Waals surface area contributed by atoms with Crippen molar-refractivity contribution in [3.8, 4) is 0 Å². The molecule has 50 heavy (non-hydrogen) atoms. The van der Waals surface area contributed by atoms with Crippen molar-refractivity contribution in [2.24, 2.45) is 0 Å². The molecule has 0 aromatic heterocycles. The van der Waals surface area contributed by atoms with Crippen molar-refractivity contribution in [2.75, 3.05) is 13.2 Å². The fourth-order valence-corrected chi connectivity index (χ4v) is 5.80. The topological polar surface area (TPSA) is 78.9 Å². The predicted molar refractivity (Wildman–Crippen MR) is 210 cm³/mol. The lowest BCUT2D eigenvalue weighted by atomic mass is 10.0. The van der Waals surface area contributed by atoms with Crippen LogP contribution in [0.2, 0.25) is 0 Å². The number of carbonyl (C=O) groups excluding carboxylic acids is 3. The summed E-state index contributed by atoms with van der Waals surface area (Å²) in [7, 11) is 0. The largest absolute Gasteiger partial charge is 0.462 e. The molecule has 0 N–H and O–H groups in total. The molecule has 1 unspecified atom stereocenters. The third-order valence-electron chi connectivity index (χ3n) is 8.94. The highest BCUT2D eigenvalue weighted by Crippen LogP contribution is 2.14. The van der Waals surface area contributed by atoms with Gasteiger partial charge < -0.3 is 14.2 Å². The second-order valence-electron chi connectivity index (χ2n) is 13.9. The standard InChI is InChI=1S/C44H78O6/c1-4-7-10-13-16-19-20-21-22-23-26-28-31-34-37-43(46)49-40-41(50-44(47)38-35-32-29-25-18-15-12-9-6-3)39-48-42(45)36-33-30-27-24-17-14-11-8-5-2/h9,12,18,25,32,35,41H,4-8,10-11,13-17,19-24,26-31,33-34,36-40H2,1-3H3/b12-9-,25-18-,35-32-. The number of hydrogen-bond acceptors (Lipinski definition) is 6. The van der Waals surface area contributed by atoms with Crippen LogP contribution in [0.1, 0.15) is 207 Å². The van der Waals surface area contributed by atoms with E-state index in [4.69, 9.17) is 14.2 Å². The molecule has 0 amide bonds. The van der Waals surface area contributed by atoms with E-state index in [1.54, 1.807) is 6.08 Å². The first-order valence-electron chi connectivity index (χ1n) is 21.0. The Morgan fingerprint density at radius 1 is 0.420 bits per heavy atom. The number of hydrogen-bond donors (Lipinski definition) is 0. The van der Waals surface area contributed by atoms with Gasteiger partial charge in [0.15, 0.2) is 6.10 Å². The van der Waals surface area contributed by atoms with E-state index < -0.39 is 12.1 Å². The maximum absolute atomic E-state index is 12.5. The minimum atomic E-state index is -0.812. The van der Waals surface area contributed by atoms with Crippen LogP contribution in [0.5, 0.6) is 0 Å². The Kier molecular flexibility index (Phi) is 37.5. The van der Waals surface area contributed by atoms with E-state index >= 15 is 0 Å². The Hall–Kier alpha value is -2.37. The predicted octanol–water partition coefficient (Wildman–Crippen LogP) is 13.0. The third kappa shape index (κ3) is 36.9. The molecule has 0 aromatic rings. The van der Waals surface area contributed by atoms with Crippen LogP contribution >= 0.6 is 0 Å². The molecule has 0 fully saturated rings. The number of esters is 3. The van der Waals surface area contributed by atoms with Gasteiger partial charge in [-0.25, -0.2) is 0 Å². The molecule has 0 bridgehead atoms. The smallest absolute Gasteiger partial charge is 0.310 e. The molecule has 0 spiro atoms. The van der Waals surface area contributed by atoms with Crippen molar-refractivity contribution >= 4 is 17.9 Å². The van der Waals surface area contributed by atoms with E-state index in [2.05, 4.69) is 45.1 Å². The van der Waals surface area contributed by atoms with Gasteiger partial charge in [0, 0.05) is 12.8 Å². The highest BCUT2D eigenvalue weighted by atomic mass is 16.6. The van der Waals surface area contributed by atoms with Crippen molar-refractivity contribution in [3.05, 3.63) is 36.5 Å². The van der Waals surface area contributed by atoms with Crippen LogP contribution in [0.25, 0.3) is 0 Å². The lowest BCUT2D eigenvalue weighted by Crippen LogP contribution is -2.30. The molecule has 0 heterocycles. The summed E-state index contributed by atoms with van der Waals surface area (Å²) in [4.78, 5) is 37.4. The third-order valence-corrected chi connectivity index (χ3v) is 8.94. The zero-order valence-corrected chi connectivity index (χ0v) is 32.9. The van der Waals surface area contributed by atoms with Crippen LogP contribution < -0.4 is 0 Å². The summed E-state index contributed by atoms with van der Waals surface area (Å²) in [5, 5.41) is 0. The average molecular weight is 703 g/mol. The molecule has 0 radical (unpaired) electrons. The normalized spacial score (nSPS) is 12.3. The van der Waals surface area contributed by atoms with E-state index in [1.165, 1.54) is 109 Å². The lowest BCUT2D eigenvalue weighted by Gasteiger charge is -2.18. The van der Waals surface area contributed by atoms with Crippen LogP contribution in [0, 0.1) is 0 Å². The van der Waals surface area contributed by atoms with Gasteiger partial charge in [0.25, 0.3) is 0 Å². The summed E-state index contributed by atoms with van der Waals surface area (Å²) in [6.45, 7) is 6.39. The number of allylic oxidation sites excluding steroid dienone is 5. The minimum Gasteiger partial charge on any atom is -0.462 e. The Morgan fingerprint density at radius 3 is 1.14 bits per heavy atom. The van der Waals surface area contributed by atoms with Gasteiger partial charge in [-0.15, -0.1) is 0 Å². The highest BCUT2D eigenvalue weighted by molar-refractivity contribution is 5.72. The van der Waals surface area contributed by atoms with E-state index in [0.29, 0.717) is 12.8 Å². The van der Waals surface area contributed by atoms with Gasteiger partial charge in [0.1, 0.15) is 13.2 Å². The van der Waals surface area contributed by atoms with Gasteiger partial charge >= 0.3 is 17.9 Å². The molecule has 6 nitrogen and oxygen atoms in total. The molecule has 1 atom stereocenters. The Morgan fingerprint density at radius 2 is 0.760 bits per heavy atom. The molecule has 0 aromatic carbocycles. The van der Waals surface area contributed by atoms with Gasteiger partial charge in [0.05, 0.1) is 6.42 Å². The van der Waals surface area contributed by atoms with Crippen molar-refractivity contribution < 1.29 is 28.6 Å². The van der Waals surface area contributed by atoms with Gasteiger partial charge in [0.2, 0.25) is 0 Å². The van der Waals surface area contributed by atoms with Crippen molar-refractivity contribution in [1.82, 2.24) is 0 Å². The van der Waals surface area contributed by atoms with E-state index in [-0.39, 0.29) is 31.6 Å². The van der Waals surface area contributed by atoms with Crippen LogP contribution in [-0.4, -0.2) is 37.2 Å². The highest BCUT2D eigenvalue weighted by Gasteiger charge is 2.19. The van der Waals surface area contributed by atoms with Gasteiger partial charge in [-0.3, -0.25) is 14.4 Å². The first-order chi connectivity index (χ1) is 24.5. The SMILES string of the molecule is CC/C=C\C/C=C\C/C=C\CC(=O)OC(COC(=O)CCCCCCCCCCC)COC(=O)CCCCCCCCCCCCCCCC. The van der Waals surface area contributed by atoms with Crippen molar-refractivity contribution in [3.63, 3.8) is 0 Å². The maximum Gasteiger partial charge on any atom is 0.310 e. The van der Waals surface area contributed by atoms with Crippen molar-refractivity contribution in [1.29, 1.82) is 0 Å². The fraction of sp³-hybridized carbons (Fsp3) is 0.795. The van der Waals surface area contributed by atoms with E-state index in [0.717, 1.165) is 57.8 Å². The Labute approximate surface area is 308 Å². The molecule has 290 valence electrons. The van der Waals surface area contributed by atoms with Gasteiger partial charge in [-0.2, -0.15) is 0 Å². The fourth-order valence-electron chi connectivity index (χ4n) is 5.80. The lowest BCUT2D eigenvalue weighted by molar-refractivity contribution is -0.166. The number of rotatable bonds is 37. The quantitative estimate of drug-likeness (QED) is 0.0277. The molecule has 0 saturated heterocycles. The van der Waals surface area contributed by atoms with Crippen molar-refractivity contribution in [2.45, 2.75) is 213 Å². The molecule has 0 aliphatic rings. The number of unbranched alkanes of at least 4 members (excludes halogenated alkanes) is 21. The monoisotopic (exact) mass is 703 g/mol. The van der Waals surface area contributed by atoms with Crippen LogP contribution in [0.4, 0.5) is 0 Å². The minimum absolute atomic E-state index is 0.105. The molecular formula is C44H78O6. The summed E-state index contributed by atoms with van der Waals surface area (Å²) in [5.74, 6) is -1.03. The summed E-state index contributed by atoms with van der Waals surface area (Å²) in [6, 6.07) is 0. The van der Waals surface area contributed by atoms with E-state index in [9.17, 15) is 14.4 Å². The maximum atomic E-state index is 12.5. The second kappa shape index (κ2) is 39.4. The zero-order chi connectivity index (χ0) is 36.6. The van der Waals surface area contributed by atoms with Gasteiger partial charge in [-0.1, -0.05) is 192 Å². The molecule has 0 rings (SSSR count).